The molecule has 1 N–H and O–H groups in total. The lowest BCUT2D eigenvalue weighted by Crippen LogP contribution is -2.47. The van der Waals surface area contributed by atoms with E-state index in [1.165, 1.54) is 0 Å². The minimum Gasteiger partial charge on any atom is -0.385 e. The zero-order valence-electron chi connectivity index (χ0n) is 14.5. The van der Waals surface area contributed by atoms with Gasteiger partial charge < -0.3 is 19.7 Å². The van der Waals surface area contributed by atoms with Crippen LogP contribution in [-0.4, -0.2) is 75.5 Å². The van der Waals surface area contributed by atoms with Gasteiger partial charge in [0, 0.05) is 58.5 Å². The lowest BCUT2D eigenvalue weighted by molar-refractivity contribution is 0.00993. The highest BCUT2D eigenvalue weighted by Gasteiger charge is 2.21. The molecule has 5 nitrogen and oxygen atoms in total. The second-order valence-electron chi connectivity index (χ2n) is 5.24. The van der Waals surface area contributed by atoms with E-state index >= 15 is 0 Å². The van der Waals surface area contributed by atoms with E-state index in [4.69, 9.17) is 9.47 Å². The van der Waals surface area contributed by atoms with Crippen LogP contribution in [0.5, 0.6) is 0 Å². The first-order chi connectivity index (χ1) is 10.8. The number of aliphatic imine (C=N–C) groups is 1. The number of rotatable bonds is 10. The second-order valence-corrected chi connectivity index (χ2v) is 6.39. The monoisotopic (exact) mass is 457 g/mol. The molecule has 0 radical (unpaired) electrons. The Balaban J connectivity index is 0.00000484. The van der Waals surface area contributed by atoms with Crippen LogP contribution < -0.4 is 5.32 Å². The molecule has 0 aromatic rings. The maximum atomic E-state index is 5.89. The molecule has 0 saturated carbocycles. The van der Waals surface area contributed by atoms with Crippen molar-refractivity contribution in [2.24, 2.45) is 4.99 Å². The number of piperidine rings is 1. The first kappa shape index (κ1) is 23.0. The van der Waals surface area contributed by atoms with Crippen LogP contribution >= 0.6 is 35.7 Å². The molecular weight excluding hydrogens is 425 g/mol. The summed E-state index contributed by atoms with van der Waals surface area (Å²) in [6.45, 7) is 8.26. The predicted octanol–water partition coefficient (Wildman–Crippen LogP) is 2.62. The Labute approximate surface area is 162 Å². The largest absolute Gasteiger partial charge is 0.385 e. The van der Waals surface area contributed by atoms with E-state index in [1.807, 2.05) is 24.9 Å². The molecule has 0 aromatic heterocycles. The number of hydrogen-bond acceptors (Lipinski definition) is 4. The van der Waals surface area contributed by atoms with E-state index in [1.54, 1.807) is 7.11 Å². The van der Waals surface area contributed by atoms with E-state index in [-0.39, 0.29) is 24.0 Å². The standard InChI is InChI=1S/C16H31N3O2S.HI/c1-4-13-22-14-8-18-16(17-2)19-9-6-15(7-10-19)21-12-5-11-20-3;/h4,15H,1,5-14H2,2-3H3,(H,17,18);1H. The van der Waals surface area contributed by atoms with Crippen LogP contribution in [0.15, 0.2) is 17.6 Å². The smallest absolute Gasteiger partial charge is 0.193 e. The van der Waals surface area contributed by atoms with Crippen molar-refractivity contribution in [1.29, 1.82) is 0 Å². The molecule has 1 saturated heterocycles. The number of thioether (sulfide) groups is 1. The highest BCUT2D eigenvalue weighted by atomic mass is 127. The topological polar surface area (TPSA) is 46.1 Å². The van der Waals surface area contributed by atoms with Crippen LogP contribution in [0.4, 0.5) is 0 Å². The van der Waals surface area contributed by atoms with Crippen molar-refractivity contribution < 1.29 is 9.47 Å². The van der Waals surface area contributed by atoms with Gasteiger partial charge in [-0.25, -0.2) is 0 Å². The second kappa shape index (κ2) is 15.5. The number of hydrogen-bond donors (Lipinski definition) is 1. The molecule has 23 heavy (non-hydrogen) atoms. The number of ether oxygens (including phenoxy) is 2. The molecule has 0 aromatic carbocycles. The third-order valence-electron chi connectivity index (χ3n) is 3.56. The molecule has 0 aliphatic carbocycles. The number of likely N-dealkylation sites (tertiary alicyclic amines) is 1. The molecule has 1 fully saturated rings. The highest BCUT2D eigenvalue weighted by molar-refractivity contribution is 14.0. The van der Waals surface area contributed by atoms with Gasteiger partial charge in [0.2, 0.25) is 0 Å². The third kappa shape index (κ3) is 10.5. The Morgan fingerprint density at radius 1 is 1.39 bits per heavy atom. The van der Waals surface area contributed by atoms with Crippen molar-refractivity contribution >= 4 is 41.7 Å². The van der Waals surface area contributed by atoms with Crippen molar-refractivity contribution in [1.82, 2.24) is 10.2 Å². The third-order valence-corrected chi connectivity index (χ3v) is 4.53. The van der Waals surface area contributed by atoms with Crippen LogP contribution in [0, 0.1) is 0 Å². The first-order valence-corrected chi connectivity index (χ1v) is 9.22. The maximum absolute atomic E-state index is 5.89. The molecule has 0 atom stereocenters. The molecule has 7 heteroatoms. The zero-order chi connectivity index (χ0) is 16.0. The van der Waals surface area contributed by atoms with Crippen molar-refractivity contribution in [3.8, 4) is 0 Å². The summed E-state index contributed by atoms with van der Waals surface area (Å²) in [7, 11) is 3.58. The summed E-state index contributed by atoms with van der Waals surface area (Å²) in [5, 5.41) is 3.44. The fourth-order valence-electron chi connectivity index (χ4n) is 2.42. The molecule has 1 aliphatic rings. The van der Waals surface area contributed by atoms with Crippen molar-refractivity contribution in [3.63, 3.8) is 0 Å². The van der Waals surface area contributed by atoms with Gasteiger partial charge in [0.15, 0.2) is 5.96 Å². The summed E-state index contributed by atoms with van der Waals surface area (Å²) in [5.41, 5.74) is 0. The zero-order valence-corrected chi connectivity index (χ0v) is 17.6. The van der Waals surface area contributed by atoms with Crippen LogP contribution in [0.2, 0.25) is 0 Å². The summed E-state index contributed by atoms with van der Waals surface area (Å²) >= 11 is 1.88. The number of methoxy groups -OCH3 is 1. The van der Waals surface area contributed by atoms with E-state index in [2.05, 4.69) is 21.8 Å². The molecule has 0 amide bonds. The molecule has 1 aliphatic heterocycles. The van der Waals surface area contributed by atoms with Gasteiger partial charge in [-0.05, 0) is 19.3 Å². The van der Waals surface area contributed by atoms with Crippen LogP contribution in [0.1, 0.15) is 19.3 Å². The van der Waals surface area contributed by atoms with Crippen molar-refractivity contribution in [2.75, 3.05) is 58.5 Å². The van der Waals surface area contributed by atoms with Crippen molar-refractivity contribution in [3.05, 3.63) is 12.7 Å². The summed E-state index contributed by atoms with van der Waals surface area (Å²) < 4.78 is 10.9. The Bertz CT molecular complexity index is 324. The van der Waals surface area contributed by atoms with Gasteiger partial charge in [-0.3, -0.25) is 4.99 Å². The fourth-order valence-corrected chi connectivity index (χ4v) is 3.00. The summed E-state index contributed by atoms with van der Waals surface area (Å²) in [6, 6.07) is 0. The van der Waals surface area contributed by atoms with Crippen LogP contribution in [-0.2, 0) is 9.47 Å². The van der Waals surface area contributed by atoms with Gasteiger partial charge in [-0.2, -0.15) is 11.8 Å². The fraction of sp³-hybridized carbons (Fsp3) is 0.812. The molecular formula is C16H32IN3O2S. The van der Waals surface area contributed by atoms with Gasteiger partial charge in [0.05, 0.1) is 6.10 Å². The van der Waals surface area contributed by atoms with Gasteiger partial charge in [0.25, 0.3) is 0 Å². The van der Waals surface area contributed by atoms with E-state index in [0.717, 1.165) is 69.6 Å². The summed E-state index contributed by atoms with van der Waals surface area (Å²) in [5.74, 6) is 3.09. The number of nitrogens with zero attached hydrogens (tertiary/aromatic N) is 2. The summed E-state index contributed by atoms with van der Waals surface area (Å²) in [6.07, 6.45) is 5.44. The SMILES string of the molecule is C=CCSCCNC(=NC)N1CCC(OCCCOC)CC1.I. The molecule has 1 rings (SSSR count). The Morgan fingerprint density at radius 3 is 2.74 bits per heavy atom. The van der Waals surface area contributed by atoms with Gasteiger partial charge in [0.1, 0.15) is 0 Å². The lowest BCUT2D eigenvalue weighted by atomic mass is 10.1. The average Bonchev–Trinajstić information content (AvgIpc) is 2.56. The Morgan fingerprint density at radius 2 is 2.13 bits per heavy atom. The number of guanidine groups is 1. The highest BCUT2D eigenvalue weighted by Crippen LogP contribution is 2.14. The first-order valence-electron chi connectivity index (χ1n) is 8.06. The van der Waals surface area contributed by atoms with Gasteiger partial charge in [-0.15, -0.1) is 30.6 Å². The average molecular weight is 457 g/mol. The van der Waals surface area contributed by atoms with Gasteiger partial charge in [-0.1, -0.05) is 6.08 Å². The van der Waals surface area contributed by atoms with Crippen LogP contribution in [0.25, 0.3) is 0 Å². The summed E-state index contributed by atoms with van der Waals surface area (Å²) in [4.78, 5) is 6.71. The number of halogens is 1. The molecule has 1 heterocycles. The molecule has 0 spiro atoms. The number of nitrogens with one attached hydrogen (secondary N) is 1. The van der Waals surface area contributed by atoms with Crippen LogP contribution in [0.3, 0.4) is 0 Å². The van der Waals surface area contributed by atoms with Gasteiger partial charge >= 0.3 is 0 Å². The Hall–Kier alpha value is 0.01000. The predicted molar refractivity (Wildman–Crippen MR) is 111 cm³/mol. The Kier molecular flexibility index (Phi) is 15.5. The quantitative estimate of drug-likeness (QED) is 0.180. The molecule has 0 unspecified atom stereocenters. The minimum absolute atomic E-state index is 0. The molecule has 0 bridgehead atoms. The minimum atomic E-state index is 0. The van der Waals surface area contributed by atoms with E-state index < -0.39 is 0 Å². The van der Waals surface area contributed by atoms with E-state index in [0.29, 0.717) is 6.10 Å². The van der Waals surface area contributed by atoms with Crippen molar-refractivity contribution in [2.45, 2.75) is 25.4 Å². The maximum Gasteiger partial charge on any atom is 0.193 e. The van der Waals surface area contributed by atoms with E-state index in [9.17, 15) is 0 Å². The normalized spacial score (nSPS) is 16.1. The molecule has 136 valence electrons. The lowest BCUT2D eigenvalue weighted by Gasteiger charge is -2.34.